The summed E-state index contributed by atoms with van der Waals surface area (Å²) in [6.45, 7) is 0. The predicted molar refractivity (Wildman–Crippen MR) is 122 cm³/mol. The first-order valence-electron chi connectivity index (χ1n) is 11.2. The van der Waals surface area contributed by atoms with Crippen molar-refractivity contribution in [2.75, 3.05) is 7.05 Å². The first-order valence-corrected chi connectivity index (χ1v) is 11.2. The average Bonchev–Trinajstić information content (AvgIpc) is 2.85. The second kappa shape index (κ2) is 11.6. The number of carbonyl (C=O) groups excluding carboxylic acids is 3. The Morgan fingerprint density at radius 3 is 2.30 bits per heavy atom. The summed E-state index contributed by atoms with van der Waals surface area (Å²) in [4.78, 5) is 37.7. The maximum absolute atomic E-state index is 13.2. The number of hydrogen-bond acceptors (Lipinski definition) is 5. The molecule has 4 atom stereocenters. The number of carbonyl (C=O) groups is 3. The van der Waals surface area contributed by atoms with Crippen LogP contribution in [-0.2, 0) is 33.6 Å². The van der Waals surface area contributed by atoms with Crippen LogP contribution in [0.25, 0.3) is 0 Å². The van der Waals surface area contributed by atoms with Gasteiger partial charge in [-0.3, -0.25) is 19.6 Å². The number of amides is 3. The van der Waals surface area contributed by atoms with Gasteiger partial charge in [-0.25, -0.2) is 5.48 Å². The van der Waals surface area contributed by atoms with Crippen LogP contribution in [0.5, 0.6) is 0 Å². The van der Waals surface area contributed by atoms with Gasteiger partial charge in [0.2, 0.25) is 11.8 Å². The molecule has 33 heavy (non-hydrogen) atoms. The van der Waals surface area contributed by atoms with E-state index in [4.69, 9.17) is 5.21 Å². The van der Waals surface area contributed by atoms with Crippen LogP contribution in [0.3, 0.4) is 0 Å². The first-order chi connectivity index (χ1) is 15.9. The predicted octanol–water partition coefficient (Wildman–Crippen LogP) is 1.14. The third-order valence-electron chi connectivity index (χ3n) is 6.29. The van der Waals surface area contributed by atoms with E-state index in [1.54, 1.807) is 0 Å². The number of rotatable bonds is 9. The second-order valence-corrected chi connectivity index (χ2v) is 8.51. The van der Waals surface area contributed by atoms with E-state index >= 15 is 0 Å². The van der Waals surface area contributed by atoms with Gasteiger partial charge in [0.1, 0.15) is 12.1 Å². The normalized spacial score (nSPS) is 17.7. The van der Waals surface area contributed by atoms with Crippen LogP contribution in [-0.4, -0.2) is 47.2 Å². The van der Waals surface area contributed by atoms with Crippen molar-refractivity contribution in [1.82, 2.24) is 16.1 Å². The van der Waals surface area contributed by atoms with E-state index in [0.29, 0.717) is 0 Å². The topological polar surface area (TPSA) is 128 Å². The molecule has 0 saturated carbocycles. The third kappa shape index (κ3) is 6.40. The van der Waals surface area contributed by atoms with Crippen molar-refractivity contribution < 1.29 is 24.7 Å². The fourth-order valence-electron chi connectivity index (χ4n) is 4.47. The third-order valence-corrected chi connectivity index (χ3v) is 6.29. The lowest BCUT2D eigenvalue weighted by Crippen LogP contribution is -2.52. The van der Waals surface area contributed by atoms with Gasteiger partial charge in [0.25, 0.3) is 5.91 Å². The fraction of sp³-hybridized carbons (Fsp3) is 0.400. The second-order valence-electron chi connectivity index (χ2n) is 8.51. The van der Waals surface area contributed by atoms with Gasteiger partial charge in [-0.1, -0.05) is 54.6 Å². The number of hydroxylamine groups is 1. The van der Waals surface area contributed by atoms with Crippen molar-refractivity contribution >= 4 is 17.7 Å². The molecular formula is C25H31N3O5. The maximum Gasteiger partial charge on any atom is 0.272 e. The molecule has 1 aliphatic carbocycles. The monoisotopic (exact) mass is 453 g/mol. The molecule has 0 spiro atoms. The minimum absolute atomic E-state index is 0.0735. The number of benzene rings is 2. The molecule has 2 aromatic rings. The Bertz CT molecular complexity index is 966. The van der Waals surface area contributed by atoms with Gasteiger partial charge < -0.3 is 15.7 Å². The van der Waals surface area contributed by atoms with E-state index < -0.39 is 29.9 Å². The smallest absolute Gasteiger partial charge is 0.272 e. The van der Waals surface area contributed by atoms with Crippen LogP contribution < -0.4 is 16.1 Å². The summed E-state index contributed by atoms with van der Waals surface area (Å²) in [6.07, 6.45) is 1.17. The molecule has 8 nitrogen and oxygen atoms in total. The molecule has 0 bridgehead atoms. The first kappa shape index (κ1) is 24.4. The van der Waals surface area contributed by atoms with Crippen molar-refractivity contribution in [3.05, 3.63) is 71.3 Å². The van der Waals surface area contributed by atoms with Crippen molar-refractivity contribution in [2.45, 2.75) is 44.2 Å². The zero-order chi connectivity index (χ0) is 23.8. The molecule has 0 aliphatic heterocycles. The standard InChI is InChI=1S/C25H31N3O5/c1-26-24(31)21(15-16-7-3-2-4-8-16)27-23(30)20(22(29)25(32)28-33)14-17-11-12-18-9-5-6-10-19(18)13-17/h2-10,17,20-22,29,33H,11-15H2,1H3,(H,26,31)(H,27,30)(H,28,32)/t17?,20-,21+,22?/m1/s1. The van der Waals surface area contributed by atoms with Crippen molar-refractivity contribution in [2.24, 2.45) is 11.8 Å². The lowest BCUT2D eigenvalue weighted by atomic mass is 9.78. The minimum atomic E-state index is -1.74. The molecule has 0 heterocycles. The summed E-state index contributed by atoms with van der Waals surface area (Å²) in [7, 11) is 1.48. The van der Waals surface area contributed by atoms with E-state index in [0.717, 1.165) is 24.8 Å². The molecule has 3 amide bonds. The van der Waals surface area contributed by atoms with E-state index in [9.17, 15) is 19.5 Å². The number of aliphatic hydroxyl groups excluding tert-OH is 1. The Morgan fingerprint density at radius 1 is 0.970 bits per heavy atom. The number of nitrogens with one attached hydrogen (secondary N) is 3. The van der Waals surface area contributed by atoms with Gasteiger partial charge in [-0.05, 0) is 48.3 Å². The van der Waals surface area contributed by atoms with Gasteiger partial charge in [0.05, 0.1) is 5.92 Å². The SMILES string of the molecule is CNC(=O)[C@H](Cc1ccccc1)NC(=O)[C@H](CC1CCc2ccccc2C1)C(O)C(=O)NO. The van der Waals surface area contributed by atoms with Crippen molar-refractivity contribution in [3.63, 3.8) is 0 Å². The number of fused-ring (bicyclic) bond motifs is 1. The highest BCUT2D eigenvalue weighted by Crippen LogP contribution is 2.31. The molecule has 0 saturated heterocycles. The number of hydrogen-bond donors (Lipinski definition) is 5. The Kier molecular flexibility index (Phi) is 8.57. The van der Waals surface area contributed by atoms with Gasteiger partial charge in [-0.15, -0.1) is 0 Å². The zero-order valence-corrected chi connectivity index (χ0v) is 18.7. The van der Waals surface area contributed by atoms with Gasteiger partial charge >= 0.3 is 0 Å². The molecule has 5 N–H and O–H groups in total. The molecule has 0 radical (unpaired) electrons. The molecule has 0 aromatic heterocycles. The molecular weight excluding hydrogens is 422 g/mol. The summed E-state index contributed by atoms with van der Waals surface area (Å²) < 4.78 is 0. The van der Waals surface area contributed by atoms with Crippen molar-refractivity contribution in [3.8, 4) is 0 Å². The summed E-state index contributed by atoms with van der Waals surface area (Å²) >= 11 is 0. The molecule has 2 aromatic carbocycles. The van der Waals surface area contributed by atoms with Crippen LogP contribution in [0.4, 0.5) is 0 Å². The Labute approximate surface area is 193 Å². The number of likely N-dealkylation sites (N-methyl/N-ethyl adjacent to an activating group) is 1. The van der Waals surface area contributed by atoms with E-state index in [1.165, 1.54) is 23.7 Å². The molecule has 8 heteroatoms. The van der Waals surface area contributed by atoms with E-state index in [1.807, 2.05) is 42.5 Å². The van der Waals surface area contributed by atoms with Gasteiger partial charge in [0.15, 0.2) is 0 Å². The fourth-order valence-corrected chi connectivity index (χ4v) is 4.47. The van der Waals surface area contributed by atoms with Gasteiger partial charge in [0, 0.05) is 13.5 Å². The van der Waals surface area contributed by atoms with Crippen molar-refractivity contribution in [1.29, 1.82) is 0 Å². The number of aryl methyl sites for hydroxylation is 1. The highest BCUT2D eigenvalue weighted by molar-refractivity contribution is 5.92. The lowest BCUT2D eigenvalue weighted by molar-refractivity contribution is -0.147. The summed E-state index contributed by atoms with van der Waals surface area (Å²) in [5.74, 6) is -3.07. The van der Waals surface area contributed by atoms with Crippen LogP contribution in [0.2, 0.25) is 0 Å². The van der Waals surface area contributed by atoms with Crippen LogP contribution in [0.15, 0.2) is 54.6 Å². The largest absolute Gasteiger partial charge is 0.382 e. The molecule has 1 aliphatic rings. The van der Waals surface area contributed by atoms with Crippen LogP contribution in [0, 0.1) is 11.8 Å². The van der Waals surface area contributed by atoms with Crippen LogP contribution >= 0.6 is 0 Å². The van der Waals surface area contributed by atoms with E-state index in [2.05, 4.69) is 22.8 Å². The lowest BCUT2D eigenvalue weighted by Gasteiger charge is -2.30. The number of aliphatic hydroxyl groups is 1. The summed E-state index contributed by atoms with van der Waals surface area (Å²) in [5, 5.41) is 24.8. The summed E-state index contributed by atoms with van der Waals surface area (Å²) in [5.41, 5.74) is 4.76. The Morgan fingerprint density at radius 2 is 1.64 bits per heavy atom. The Hall–Kier alpha value is -3.23. The minimum Gasteiger partial charge on any atom is -0.382 e. The Balaban J connectivity index is 1.76. The molecule has 176 valence electrons. The molecule has 3 rings (SSSR count). The quantitative estimate of drug-likeness (QED) is 0.287. The van der Waals surface area contributed by atoms with Gasteiger partial charge in [-0.2, -0.15) is 0 Å². The molecule has 2 unspecified atom stereocenters. The highest BCUT2D eigenvalue weighted by Gasteiger charge is 2.36. The summed E-state index contributed by atoms with van der Waals surface area (Å²) in [6, 6.07) is 16.5. The maximum atomic E-state index is 13.2. The zero-order valence-electron chi connectivity index (χ0n) is 18.7. The van der Waals surface area contributed by atoms with Crippen LogP contribution in [0.1, 0.15) is 29.5 Å². The highest BCUT2D eigenvalue weighted by atomic mass is 16.5. The molecule has 0 fully saturated rings. The average molecular weight is 454 g/mol. The van der Waals surface area contributed by atoms with E-state index in [-0.39, 0.29) is 24.7 Å².